The Bertz CT molecular complexity index is 308. The van der Waals surface area contributed by atoms with Crippen molar-refractivity contribution in [3.8, 4) is 0 Å². The fourth-order valence-corrected chi connectivity index (χ4v) is 1.55. The van der Waals surface area contributed by atoms with E-state index < -0.39 is 48.1 Å². The highest BCUT2D eigenvalue weighted by atomic mass is 32.1. The second-order valence-corrected chi connectivity index (χ2v) is 4.83. The molecule has 0 aromatic rings. The number of rotatable bonds is 6. The molecule has 0 saturated heterocycles. The van der Waals surface area contributed by atoms with Crippen LogP contribution in [0, 0.1) is 0 Å². The quantitative estimate of drug-likeness (QED) is 0.199. The first-order valence-electron chi connectivity index (χ1n) is 5.02. The first-order chi connectivity index (χ1) is 8.52. The van der Waals surface area contributed by atoms with Crippen molar-refractivity contribution in [1.82, 2.24) is 4.90 Å². The summed E-state index contributed by atoms with van der Waals surface area (Å²) in [7, 11) is 0. The van der Waals surface area contributed by atoms with Crippen LogP contribution >= 0.6 is 24.8 Å². The second kappa shape index (κ2) is 7.57. The number of nitrogens with two attached hydrogens (primary N) is 1. The van der Waals surface area contributed by atoms with Gasteiger partial charge < -0.3 is 26.2 Å². The molecule has 0 bridgehead atoms. The fourth-order valence-electron chi connectivity index (χ4n) is 1.18. The summed E-state index contributed by atoms with van der Waals surface area (Å²) in [4.78, 5) is -0.388. The normalized spacial score (nSPS) is 18.6. The van der Waals surface area contributed by atoms with Crippen LogP contribution in [0.2, 0.25) is 0 Å². The molecule has 4 unspecified atom stereocenters. The number of thiol groups is 1. The van der Waals surface area contributed by atoms with Crippen molar-refractivity contribution in [3.05, 3.63) is 0 Å². The summed E-state index contributed by atoms with van der Waals surface area (Å²) < 4.78 is 36.6. The molecule has 0 aliphatic carbocycles. The number of hydrogen-bond donors (Lipinski definition) is 6. The zero-order valence-electron chi connectivity index (χ0n) is 9.53. The molecule has 0 aliphatic rings. The largest absolute Gasteiger partial charge is 0.486 e. The molecule has 0 saturated carbocycles. The van der Waals surface area contributed by atoms with E-state index in [1.54, 1.807) is 0 Å². The van der Waals surface area contributed by atoms with Crippen molar-refractivity contribution in [2.45, 2.75) is 30.7 Å². The maximum Gasteiger partial charge on any atom is 0.486 e. The van der Waals surface area contributed by atoms with Crippen LogP contribution in [-0.4, -0.2) is 73.5 Å². The molecule has 11 heteroatoms. The van der Waals surface area contributed by atoms with Crippen LogP contribution in [0.5, 0.6) is 0 Å². The number of hydrogen-bond acceptors (Lipinski definition) is 6. The van der Waals surface area contributed by atoms with Crippen LogP contribution in [0.4, 0.5) is 13.2 Å². The zero-order chi connectivity index (χ0) is 15.4. The molecule has 0 aliphatic heterocycles. The van der Waals surface area contributed by atoms with Gasteiger partial charge in [-0.25, -0.2) is 0 Å². The Morgan fingerprint density at radius 1 is 1.16 bits per heavy atom. The predicted molar refractivity (Wildman–Crippen MR) is 67.4 cm³/mol. The molecule has 0 amide bonds. The molecule has 0 aromatic heterocycles. The van der Waals surface area contributed by atoms with Gasteiger partial charge in [-0.1, -0.05) is 12.2 Å². The van der Waals surface area contributed by atoms with E-state index in [0.29, 0.717) is 0 Å². The number of alkyl halides is 3. The van der Waals surface area contributed by atoms with Gasteiger partial charge in [0.25, 0.3) is 0 Å². The Morgan fingerprint density at radius 3 is 1.89 bits per heavy atom. The lowest BCUT2D eigenvalue weighted by Gasteiger charge is -2.31. The number of nitrogens with zero attached hydrogens (tertiary/aromatic N) is 1. The summed E-state index contributed by atoms with van der Waals surface area (Å²) in [6, 6.07) is 0. The van der Waals surface area contributed by atoms with Gasteiger partial charge in [-0.3, -0.25) is 4.90 Å². The molecule has 19 heavy (non-hydrogen) atoms. The summed E-state index contributed by atoms with van der Waals surface area (Å²) >= 11 is 7.61. The molecule has 0 heterocycles. The van der Waals surface area contributed by atoms with Crippen LogP contribution < -0.4 is 5.73 Å². The first kappa shape index (κ1) is 18.8. The summed E-state index contributed by atoms with van der Waals surface area (Å²) in [5.41, 5.74) is 5.00. The second-order valence-electron chi connectivity index (χ2n) is 3.71. The Hall–Kier alpha value is -0.170. The van der Waals surface area contributed by atoms with Gasteiger partial charge in [-0.2, -0.15) is 13.2 Å². The van der Waals surface area contributed by atoms with E-state index in [9.17, 15) is 28.5 Å². The van der Waals surface area contributed by atoms with E-state index in [0.717, 1.165) is 0 Å². The average molecular weight is 324 g/mol. The van der Waals surface area contributed by atoms with Crippen LogP contribution in [-0.2, 0) is 0 Å². The van der Waals surface area contributed by atoms with Gasteiger partial charge in [0.05, 0.1) is 12.6 Å². The Kier molecular flexibility index (Phi) is 7.50. The van der Waals surface area contributed by atoms with Gasteiger partial charge in [0.1, 0.15) is 22.6 Å². The van der Waals surface area contributed by atoms with Gasteiger partial charge in [-0.05, 0) is 0 Å². The smallest absolute Gasteiger partial charge is 0.389 e. The summed E-state index contributed by atoms with van der Waals surface area (Å²) in [6.45, 7) is -1.57. The minimum Gasteiger partial charge on any atom is -0.389 e. The number of thiocarbonyl (C=S) groups is 1. The summed E-state index contributed by atoms with van der Waals surface area (Å²) in [6.07, 6.45) is -12.4. The van der Waals surface area contributed by atoms with Crippen LogP contribution in [0.25, 0.3) is 0 Å². The highest BCUT2D eigenvalue weighted by molar-refractivity contribution is 8.10. The zero-order valence-corrected chi connectivity index (χ0v) is 11.2. The molecular weight excluding hydrogens is 309 g/mol. The fraction of sp³-hybridized carbons (Fsp3) is 0.875. The molecule has 0 fully saturated rings. The van der Waals surface area contributed by atoms with E-state index in [4.69, 9.17) is 10.8 Å². The topological polar surface area (TPSA) is 110 Å². The van der Waals surface area contributed by atoms with Gasteiger partial charge in [0, 0.05) is 6.54 Å². The molecule has 0 radical (unpaired) electrons. The maximum absolute atomic E-state index is 12.5. The van der Waals surface area contributed by atoms with Crippen molar-refractivity contribution >= 4 is 29.2 Å². The molecule has 0 rings (SSSR count). The molecule has 4 atom stereocenters. The predicted octanol–water partition coefficient (Wildman–Crippen LogP) is -1.57. The highest BCUT2D eigenvalue weighted by Gasteiger charge is 2.41. The van der Waals surface area contributed by atoms with Crippen LogP contribution in [0.15, 0.2) is 0 Å². The third kappa shape index (κ3) is 5.77. The van der Waals surface area contributed by atoms with Crippen molar-refractivity contribution in [2.75, 3.05) is 13.1 Å². The van der Waals surface area contributed by atoms with Crippen molar-refractivity contribution < 1.29 is 33.6 Å². The van der Waals surface area contributed by atoms with Crippen LogP contribution in [0.3, 0.4) is 0 Å². The molecular formula is C8H15F3N2O4S2. The monoisotopic (exact) mass is 324 g/mol. The lowest BCUT2D eigenvalue weighted by molar-refractivity contribution is -0.225. The van der Waals surface area contributed by atoms with Crippen molar-refractivity contribution in [1.29, 1.82) is 0 Å². The van der Waals surface area contributed by atoms with Crippen molar-refractivity contribution in [3.63, 3.8) is 0 Å². The van der Waals surface area contributed by atoms with E-state index in [1.807, 2.05) is 0 Å². The number of aliphatic hydroxyl groups is 4. The first-order valence-corrected chi connectivity index (χ1v) is 5.87. The van der Waals surface area contributed by atoms with E-state index in [-0.39, 0.29) is 4.90 Å². The van der Waals surface area contributed by atoms with E-state index in [2.05, 4.69) is 24.8 Å². The number of halogens is 3. The minimum atomic E-state index is -4.89. The minimum absolute atomic E-state index is 0.388. The molecule has 6 N–H and O–H groups in total. The summed E-state index contributed by atoms with van der Waals surface area (Å²) in [5, 5.41) is 37.3. The van der Waals surface area contributed by atoms with Crippen LogP contribution in [0.1, 0.15) is 0 Å². The Balaban J connectivity index is 4.74. The molecule has 6 nitrogen and oxygen atoms in total. The SMILES string of the molecule is NCC(O)C(O)C(O)C(O)CN(C(=S)S)C(F)(F)F. The van der Waals surface area contributed by atoms with Gasteiger partial charge in [0.15, 0.2) is 0 Å². The van der Waals surface area contributed by atoms with Gasteiger partial charge in [0.2, 0.25) is 0 Å². The molecule has 0 spiro atoms. The van der Waals surface area contributed by atoms with Crippen molar-refractivity contribution in [2.24, 2.45) is 5.73 Å². The van der Waals surface area contributed by atoms with E-state index in [1.165, 1.54) is 0 Å². The highest BCUT2D eigenvalue weighted by Crippen LogP contribution is 2.24. The Labute approximate surface area is 118 Å². The average Bonchev–Trinajstić information content (AvgIpc) is 2.30. The lowest BCUT2D eigenvalue weighted by Crippen LogP contribution is -2.53. The summed E-state index contributed by atoms with van der Waals surface area (Å²) in [5.74, 6) is 0. The lowest BCUT2D eigenvalue weighted by atomic mass is 10.0. The molecule has 114 valence electrons. The third-order valence-electron chi connectivity index (χ3n) is 2.29. The molecule has 0 aromatic carbocycles. The third-order valence-corrected chi connectivity index (χ3v) is 2.75. The standard InChI is InChI=1S/C8H15F3N2O4S2/c9-8(10,11)13(7(18)19)2-4(15)6(17)5(16)3(14)1-12/h3-6,14-17H,1-2,12H2,(H,18,19). The van der Waals surface area contributed by atoms with Gasteiger partial charge >= 0.3 is 6.30 Å². The van der Waals surface area contributed by atoms with Gasteiger partial charge in [-0.15, -0.1) is 12.6 Å². The Morgan fingerprint density at radius 2 is 1.58 bits per heavy atom. The van der Waals surface area contributed by atoms with E-state index >= 15 is 0 Å². The maximum atomic E-state index is 12.5. The number of aliphatic hydroxyl groups excluding tert-OH is 4.